The maximum absolute atomic E-state index is 12.3. The van der Waals surface area contributed by atoms with Crippen molar-refractivity contribution in [3.63, 3.8) is 0 Å². The molecule has 0 aromatic carbocycles. The number of aromatic amines is 1. The van der Waals surface area contributed by atoms with Crippen molar-refractivity contribution in [3.8, 4) is 11.4 Å². The molecule has 1 aliphatic carbocycles. The number of pyridine rings is 1. The minimum atomic E-state index is -0.156. The van der Waals surface area contributed by atoms with Gasteiger partial charge in [-0.05, 0) is 37.8 Å². The molecule has 1 amide bonds. The molecule has 0 atom stereocenters. The van der Waals surface area contributed by atoms with Crippen molar-refractivity contribution in [1.82, 2.24) is 30.5 Å². The number of rotatable bonds is 4. The highest BCUT2D eigenvalue weighted by molar-refractivity contribution is 7.13. The molecule has 24 heavy (non-hydrogen) atoms. The molecule has 0 fully saturated rings. The minimum Gasteiger partial charge on any atom is -0.343 e. The molecule has 0 bridgehead atoms. The Hall–Kier alpha value is -2.61. The monoisotopic (exact) mass is 340 g/mol. The summed E-state index contributed by atoms with van der Waals surface area (Å²) in [6.07, 6.45) is 7.75. The van der Waals surface area contributed by atoms with Gasteiger partial charge in [0, 0.05) is 22.8 Å². The number of hydrogen-bond acceptors (Lipinski definition) is 6. The van der Waals surface area contributed by atoms with Gasteiger partial charge in [-0.3, -0.25) is 14.9 Å². The van der Waals surface area contributed by atoms with Gasteiger partial charge < -0.3 is 5.32 Å². The number of aromatic nitrogens is 5. The van der Waals surface area contributed by atoms with Crippen molar-refractivity contribution in [2.45, 2.75) is 32.2 Å². The van der Waals surface area contributed by atoms with E-state index in [1.54, 1.807) is 12.4 Å². The van der Waals surface area contributed by atoms with Gasteiger partial charge in [0.25, 0.3) is 5.91 Å². The van der Waals surface area contributed by atoms with Crippen LogP contribution in [0, 0.1) is 0 Å². The van der Waals surface area contributed by atoms with Crippen molar-refractivity contribution >= 4 is 17.2 Å². The van der Waals surface area contributed by atoms with Crippen LogP contribution in [0.15, 0.2) is 24.5 Å². The second kappa shape index (κ2) is 6.48. The number of thiazole rings is 1. The fourth-order valence-corrected chi connectivity index (χ4v) is 3.76. The number of fused-ring (bicyclic) bond motifs is 1. The van der Waals surface area contributed by atoms with Crippen LogP contribution in [0.3, 0.4) is 0 Å². The fraction of sp³-hybridized carbons (Fsp3) is 0.312. The van der Waals surface area contributed by atoms with Crippen molar-refractivity contribution in [1.29, 1.82) is 0 Å². The lowest BCUT2D eigenvalue weighted by Crippen LogP contribution is -2.23. The molecular formula is C16H16N6OS. The lowest BCUT2D eigenvalue weighted by Gasteiger charge is -2.06. The Morgan fingerprint density at radius 3 is 2.88 bits per heavy atom. The Morgan fingerprint density at radius 1 is 1.21 bits per heavy atom. The van der Waals surface area contributed by atoms with Crippen LogP contribution in [-0.2, 0) is 19.4 Å². The molecule has 8 heteroatoms. The van der Waals surface area contributed by atoms with Crippen LogP contribution >= 0.6 is 11.3 Å². The van der Waals surface area contributed by atoms with E-state index >= 15 is 0 Å². The number of amides is 1. The Morgan fingerprint density at radius 2 is 2.04 bits per heavy atom. The summed E-state index contributed by atoms with van der Waals surface area (Å²) < 4.78 is 0. The van der Waals surface area contributed by atoms with Gasteiger partial charge >= 0.3 is 0 Å². The molecule has 2 N–H and O–H groups in total. The van der Waals surface area contributed by atoms with Crippen molar-refractivity contribution in [3.05, 3.63) is 45.9 Å². The average Bonchev–Trinajstić information content (AvgIpc) is 3.27. The first-order chi connectivity index (χ1) is 11.8. The van der Waals surface area contributed by atoms with Crippen molar-refractivity contribution in [2.24, 2.45) is 0 Å². The number of aryl methyl sites for hydroxylation is 2. The van der Waals surface area contributed by atoms with Crippen LogP contribution in [0.1, 0.15) is 39.0 Å². The van der Waals surface area contributed by atoms with Gasteiger partial charge in [-0.2, -0.15) is 5.10 Å². The van der Waals surface area contributed by atoms with Gasteiger partial charge in [-0.15, -0.1) is 11.3 Å². The topological polar surface area (TPSA) is 96.5 Å². The third-order valence-electron chi connectivity index (χ3n) is 3.93. The molecule has 0 unspecified atom stereocenters. The zero-order valence-electron chi connectivity index (χ0n) is 13.0. The van der Waals surface area contributed by atoms with E-state index in [4.69, 9.17) is 0 Å². The van der Waals surface area contributed by atoms with Crippen LogP contribution < -0.4 is 5.32 Å². The first kappa shape index (κ1) is 14.9. The number of H-pyrrole nitrogens is 1. The summed E-state index contributed by atoms with van der Waals surface area (Å²) in [5, 5.41) is 10.4. The van der Waals surface area contributed by atoms with Gasteiger partial charge in [0.2, 0.25) is 0 Å². The van der Waals surface area contributed by atoms with Gasteiger partial charge in [0.05, 0.1) is 12.2 Å². The molecular weight excluding hydrogens is 324 g/mol. The fourth-order valence-electron chi connectivity index (χ4n) is 2.69. The molecule has 0 aliphatic heterocycles. The molecule has 0 spiro atoms. The summed E-state index contributed by atoms with van der Waals surface area (Å²) >= 11 is 1.50. The third-order valence-corrected chi connectivity index (χ3v) is 5.08. The summed E-state index contributed by atoms with van der Waals surface area (Å²) in [6.45, 7) is 0.293. The molecule has 3 aromatic heterocycles. The summed E-state index contributed by atoms with van der Waals surface area (Å²) in [4.78, 5) is 26.4. The number of carbonyl (C=O) groups excluding carboxylic acids is 1. The maximum atomic E-state index is 12.3. The Kier molecular flexibility index (Phi) is 4.04. The predicted molar refractivity (Wildman–Crippen MR) is 89.5 cm³/mol. The number of nitrogens with zero attached hydrogens (tertiary/aromatic N) is 4. The van der Waals surface area contributed by atoms with Gasteiger partial charge in [-0.1, -0.05) is 0 Å². The van der Waals surface area contributed by atoms with Gasteiger partial charge in [-0.25, -0.2) is 9.97 Å². The maximum Gasteiger partial charge on any atom is 0.280 e. The van der Waals surface area contributed by atoms with Crippen LogP contribution in [-0.4, -0.2) is 31.1 Å². The van der Waals surface area contributed by atoms with E-state index in [1.807, 2.05) is 12.1 Å². The lowest BCUT2D eigenvalue weighted by atomic mass is 10.0. The van der Waals surface area contributed by atoms with Crippen LogP contribution in [0.4, 0.5) is 0 Å². The van der Waals surface area contributed by atoms with Gasteiger partial charge in [0.15, 0.2) is 10.8 Å². The zero-order chi connectivity index (χ0) is 16.4. The summed E-state index contributed by atoms with van der Waals surface area (Å²) in [5.74, 6) is 1.04. The van der Waals surface area contributed by atoms with E-state index in [0.29, 0.717) is 23.2 Å². The summed E-state index contributed by atoms with van der Waals surface area (Å²) in [6, 6.07) is 3.68. The standard InChI is InChI=1S/C16H16N6OS/c23-15(16-19-11-3-1-2-4-12(11)24-16)18-9-13-20-14(22-21-13)10-5-7-17-8-6-10/h5-8H,1-4,9H2,(H,18,23)(H,20,21,22). The predicted octanol–water partition coefficient (Wildman–Crippen LogP) is 2.13. The van der Waals surface area contributed by atoms with E-state index in [9.17, 15) is 4.79 Å². The summed E-state index contributed by atoms with van der Waals surface area (Å²) in [5.41, 5.74) is 1.97. The molecule has 0 saturated carbocycles. The van der Waals surface area contributed by atoms with E-state index in [-0.39, 0.29) is 5.91 Å². The highest BCUT2D eigenvalue weighted by atomic mass is 32.1. The molecule has 4 rings (SSSR count). The molecule has 0 radical (unpaired) electrons. The normalized spacial score (nSPS) is 13.5. The Balaban J connectivity index is 1.41. The van der Waals surface area contributed by atoms with Crippen LogP contribution in [0.5, 0.6) is 0 Å². The molecule has 3 aromatic rings. The van der Waals surface area contributed by atoms with Crippen LogP contribution in [0.2, 0.25) is 0 Å². The zero-order valence-corrected chi connectivity index (χ0v) is 13.8. The Bertz CT molecular complexity index is 833. The Labute approximate surface area is 142 Å². The number of hydrogen-bond donors (Lipinski definition) is 2. The molecule has 0 saturated heterocycles. The molecule has 122 valence electrons. The smallest absolute Gasteiger partial charge is 0.280 e. The average molecular weight is 340 g/mol. The van der Waals surface area contributed by atoms with E-state index in [1.165, 1.54) is 22.6 Å². The van der Waals surface area contributed by atoms with Crippen molar-refractivity contribution < 1.29 is 4.79 Å². The first-order valence-corrected chi connectivity index (χ1v) is 8.70. The SMILES string of the molecule is O=C(NCc1nc(-c2ccncc2)n[nH]1)c1nc2c(s1)CCCC2. The van der Waals surface area contributed by atoms with E-state index in [2.05, 4.69) is 30.5 Å². The highest BCUT2D eigenvalue weighted by Gasteiger charge is 2.19. The van der Waals surface area contributed by atoms with Crippen molar-refractivity contribution in [2.75, 3.05) is 0 Å². The second-order valence-corrected chi connectivity index (χ2v) is 6.70. The largest absolute Gasteiger partial charge is 0.343 e. The summed E-state index contributed by atoms with van der Waals surface area (Å²) in [7, 11) is 0. The van der Waals surface area contributed by atoms with E-state index in [0.717, 1.165) is 30.5 Å². The molecule has 3 heterocycles. The number of carbonyl (C=O) groups is 1. The second-order valence-electron chi connectivity index (χ2n) is 5.62. The third kappa shape index (κ3) is 3.05. The van der Waals surface area contributed by atoms with Crippen LogP contribution in [0.25, 0.3) is 11.4 Å². The first-order valence-electron chi connectivity index (χ1n) is 7.88. The molecule has 1 aliphatic rings. The quantitative estimate of drug-likeness (QED) is 0.758. The minimum absolute atomic E-state index is 0.156. The lowest BCUT2D eigenvalue weighted by molar-refractivity contribution is 0.0949. The van der Waals surface area contributed by atoms with E-state index < -0.39 is 0 Å². The number of nitrogens with one attached hydrogen (secondary N) is 2. The highest BCUT2D eigenvalue weighted by Crippen LogP contribution is 2.26. The molecule has 7 nitrogen and oxygen atoms in total. The van der Waals surface area contributed by atoms with Gasteiger partial charge in [0.1, 0.15) is 5.82 Å².